The molecular weight excluding hydrogens is 473 g/mol. The lowest BCUT2D eigenvalue weighted by Gasteiger charge is -2.08. The van der Waals surface area contributed by atoms with Crippen molar-refractivity contribution in [1.29, 1.82) is 0 Å². The first-order chi connectivity index (χ1) is 12.4. The van der Waals surface area contributed by atoms with Gasteiger partial charge < -0.3 is 14.5 Å². The van der Waals surface area contributed by atoms with Crippen LogP contribution in [0.1, 0.15) is 10.4 Å². The third kappa shape index (κ3) is 4.31. The number of fused-ring (bicyclic) bond motifs is 1. The zero-order chi connectivity index (χ0) is 18.7. The van der Waals surface area contributed by atoms with E-state index in [1.165, 1.54) is 30.3 Å². The minimum Gasteiger partial charge on any atom is -0.492 e. The highest BCUT2D eigenvalue weighted by Gasteiger charge is 2.15. The number of amides is 1. The van der Waals surface area contributed by atoms with Crippen LogP contribution in [0.4, 0.5) is 4.39 Å². The van der Waals surface area contributed by atoms with Crippen LogP contribution in [0.5, 0.6) is 5.75 Å². The first-order valence-corrected chi connectivity index (χ1v) is 9.12. The third-order valence-electron chi connectivity index (χ3n) is 3.47. The molecule has 8 heteroatoms. The van der Waals surface area contributed by atoms with Crippen molar-refractivity contribution in [3.63, 3.8) is 0 Å². The van der Waals surface area contributed by atoms with E-state index in [0.717, 1.165) is 4.47 Å². The maximum atomic E-state index is 12.8. The highest BCUT2D eigenvalue weighted by atomic mass is 79.9. The summed E-state index contributed by atoms with van der Waals surface area (Å²) in [5.74, 6) is -0.424. The summed E-state index contributed by atoms with van der Waals surface area (Å²) in [4.78, 5) is 24.3. The minimum atomic E-state index is -0.725. The molecule has 134 valence electrons. The molecule has 0 unspecified atom stereocenters. The summed E-state index contributed by atoms with van der Waals surface area (Å²) in [5, 5.41) is 3.20. The normalized spacial score (nSPS) is 10.7. The van der Waals surface area contributed by atoms with E-state index in [1.807, 2.05) is 0 Å². The summed E-state index contributed by atoms with van der Waals surface area (Å²) < 4.78 is 24.8. The van der Waals surface area contributed by atoms with Crippen LogP contribution in [0, 0.1) is 5.82 Å². The average Bonchev–Trinajstić information content (AvgIpc) is 2.60. The Balaban J connectivity index is 1.66. The fraction of sp³-hybridized carbons (Fsp3) is 0.111. The van der Waals surface area contributed by atoms with E-state index in [-0.39, 0.29) is 24.5 Å². The molecule has 0 saturated carbocycles. The Bertz CT molecular complexity index is 1020. The van der Waals surface area contributed by atoms with Crippen LogP contribution in [-0.4, -0.2) is 19.1 Å². The van der Waals surface area contributed by atoms with Gasteiger partial charge in [0.25, 0.3) is 5.91 Å². The highest BCUT2D eigenvalue weighted by Crippen LogP contribution is 2.27. The van der Waals surface area contributed by atoms with Crippen LogP contribution in [0.25, 0.3) is 11.0 Å². The Kier molecular flexibility index (Phi) is 5.73. The fourth-order valence-corrected chi connectivity index (χ4v) is 3.61. The Hall–Kier alpha value is -2.19. The monoisotopic (exact) mass is 483 g/mol. The van der Waals surface area contributed by atoms with E-state index < -0.39 is 11.5 Å². The molecule has 0 bridgehead atoms. The van der Waals surface area contributed by atoms with Gasteiger partial charge in [0, 0.05) is 9.86 Å². The summed E-state index contributed by atoms with van der Waals surface area (Å²) in [6.45, 7) is 0.350. The molecule has 5 nitrogen and oxygen atoms in total. The molecule has 1 amide bonds. The first-order valence-electron chi connectivity index (χ1n) is 7.53. The molecule has 3 aromatic rings. The lowest BCUT2D eigenvalue weighted by Crippen LogP contribution is -2.31. The lowest BCUT2D eigenvalue weighted by atomic mass is 10.2. The molecule has 0 fully saturated rings. The van der Waals surface area contributed by atoms with Gasteiger partial charge in [0.1, 0.15) is 23.7 Å². The predicted octanol–water partition coefficient (Wildman–Crippen LogP) is 4.27. The Morgan fingerprint density at radius 2 is 1.88 bits per heavy atom. The molecule has 1 N–H and O–H groups in total. The third-order valence-corrected chi connectivity index (χ3v) is 4.51. The van der Waals surface area contributed by atoms with E-state index >= 15 is 0 Å². The molecular formula is C18H12Br2FNO4. The molecule has 0 aliphatic carbocycles. The first kappa shape index (κ1) is 18.6. The van der Waals surface area contributed by atoms with Crippen molar-refractivity contribution < 1.29 is 18.3 Å². The average molecular weight is 485 g/mol. The molecule has 0 saturated heterocycles. The molecule has 0 atom stereocenters. The number of nitrogens with one attached hydrogen (secondary N) is 1. The highest BCUT2D eigenvalue weighted by molar-refractivity contribution is 9.11. The maximum Gasteiger partial charge on any atom is 0.349 e. The van der Waals surface area contributed by atoms with Gasteiger partial charge in [-0.2, -0.15) is 0 Å². The van der Waals surface area contributed by atoms with Crippen LogP contribution in [-0.2, 0) is 0 Å². The number of ether oxygens (including phenoxy) is 1. The van der Waals surface area contributed by atoms with Gasteiger partial charge in [0.05, 0.1) is 11.0 Å². The van der Waals surface area contributed by atoms with Crippen molar-refractivity contribution >= 4 is 48.7 Å². The van der Waals surface area contributed by atoms with Crippen LogP contribution < -0.4 is 15.7 Å². The van der Waals surface area contributed by atoms with Gasteiger partial charge in [-0.25, -0.2) is 9.18 Å². The van der Waals surface area contributed by atoms with E-state index in [4.69, 9.17) is 9.15 Å². The van der Waals surface area contributed by atoms with Crippen molar-refractivity contribution in [2.45, 2.75) is 0 Å². The second-order valence-electron chi connectivity index (χ2n) is 5.31. The molecule has 1 heterocycles. The van der Waals surface area contributed by atoms with Gasteiger partial charge >= 0.3 is 5.63 Å². The van der Waals surface area contributed by atoms with E-state index in [0.29, 0.717) is 21.2 Å². The molecule has 0 aliphatic heterocycles. The predicted molar refractivity (Wildman–Crippen MR) is 102 cm³/mol. The Labute approximate surface area is 164 Å². The van der Waals surface area contributed by atoms with Crippen LogP contribution in [0.15, 0.2) is 60.6 Å². The second kappa shape index (κ2) is 8.01. The summed E-state index contributed by atoms with van der Waals surface area (Å²) in [6.07, 6.45) is 0. The second-order valence-corrected chi connectivity index (χ2v) is 7.08. The van der Waals surface area contributed by atoms with Gasteiger partial charge in [-0.3, -0.25) is 4.79 Å². The van der Waals surface area contributed by atoms with Crippen LogP contribution in [0.3, 0.4) is 0 Å². The molecule has 0 radical (unpaired) electrons. The largest absolute Gasteiger partial charge is 0.492 e. The van der Waals surface area contributed by atoms with Crippen molar-refractivity contribution in [3.8, 4) is 5.75 Å². The van der Waals surface area contributed by atoms with Crippen molar-refractivity contribution in [3.05, 3.63) is 73.2 Å². The molecule has 2 aromatic carbocycles. The Morgan fingerprint density at radius 1 is 1.15 bits per heavy atom. The van der Waals surface area contributed by atoms with Gasteiger partial charge in [-0.15, -0.1) is 0 Å². The smallest absolute Gasteiger partial charge is 0.349 e. The number of hydrogen-bond donors (Lipinski definition) is 1. The van der Waals surface area contributed by atoms with Crippen LogP contribution >= 0.6 is 31.9 Å². The maximum absolute atomic E-state index is 12.8. The number of halogens is 3. The van der Waals surface area contributed by atoms with Gasteiger partial charge in [0.15, 0.2) is 5.58 Å². The molecule has 26 heavy (non-hydrogen) atoms. The summed E-state index contributed by atoms with van der Waals surface area (Å²) >= 11 is 6.67. The zero-order valence-corrected chi connectivity index (χ0v) is 16.4. The fourth-order valence-electron chi connectivity index (χ4n) is 2.27. The topological polar surface area (TPSA) is 68.5 Å². The quantitative estimate of drug-likeness (QED) is 0.434. The molecule has 3 rings (SSSR count). The van der Waals surface area contributed by atoms with E-state index in [2.05, 4.69) is 37.2 Å². The van der Waals surface area contributed by atoms with Gasteiger partial charge in [0.2, 0.25) is 0 Å². The molecule has 1 aromatic heterocycles. The molecule has 0 aliphatic rings. The Morgan fingerprint density at radius 3 is 2.62 bits per heavy atom. The summed E-state index contributed by atoms with van der Waals surface area (Å²) in [6, 6.07) is 10.5. The molecule has 0 spiro atoms. The van der Waals surface area contributed by atoms with Crippen molar-refractivity contribution in [2.75, 3.05) is 13.2 Å². The van der Waals surface area contributed by atoms with E-state index in [1.54, 1.807) is 12.1 Å². The summed E-state index contributed by atoms with van der Waals surface area (Å²) in [7, 11) is 0. The standard InChI is InChI=1S/C18H12Br2FNO4/c19-11-7-10-8-14(18(24)26-16(10)15(20)9-11)17(23)22-5-6-25-13-3-1-12(21)2-4-13/h1-4,7-9H,5-6H2,(H,22,23). The minimum absolute atomic E-state index is 0.0933. The van der Waals surface area contributed by atoms with Crippen LogP contribution in [0.2, 0.25) is 0 Å². The number of benzene rings is 2. The number of carbonyl (C=O) groups excluding carboxylic acids is 1. The van der Waals surface area contributed by atoms with Gasteiger partial charge in [-0.05, 0) is 58.4 Å². The van der Waals surface area contributed by atoms with Gasteiger partial charge in [-0.1, -0.05) is 15.9 Å². The number of rotatable bonds is 5. The van der Waals surface area contributed by atoms with E-state index in [9.17, 15) is 14.0 Å². The zero-order valence-electron chi connectivity index (χ0n) is 13.2. The van der Waals surface area contributed by atoms with Crippen molar-refractivity contribution in [1.82, 2.24) is 5.32 Å². The van der Waals surface area contributed by atoms with Crippen molar-refractivity contribution in [2.24, 2.45) is 0 Å². The number of carbonyl (C=O) groups is 1. The lowest BCUT2D eigenvalue weighted by molar-refractivity contribution is 0.0943. The SMILES string of the molecule is O=C(NCCOc1ccc(F)cc1)c1cc2cc(Br)cc(Br)c2oc1=O. The number of hydrogen-bond acceptors (Lipinski definition) is 4. The summed E-state index contributed by atoms with van der Waals surface area (Å²) in [5.41, 5.74) is -0.448.